The first-order valence-corrected chi connectivity index (χ1v) is 6.89. The Hall–Kier alpha value is -0.280. The second-order valence-electron chi connectivity index (χ2n) is 4.86. The highest BCUT2D eigenvalue weighted by Gasteiger charge is 2.21. The van der Waals surface area contributed by atoms with Crippen molar-refractivity contribution >= 4 is 24.8 Å². The summed E-state index contributed by atoms with van der Waals surface area (Å²) in [5.41, 5.74) is 1.43. The van der Waals surface area contributed by atoms with Gasteiger partial charge in [0.15, 0.2) is 0 Å². The summed E-state index contributed by atoms with van der Waals surface area (Å²) in [5, 5.41) is 3.60. The van der Waals surface area contributed by atoms with Gasteiger partial charge in [-0.15, -0.1) is 24.8 Å². The SMILES string of the molecule is CCN1CCCC1CNCCc1ccccc1.Cl.Cl. The Morgan fingerprint density at radius 3 is 2.63 bits per heavy atom. The predicted molar refractivity (Wildman–Crippen MR) is 87.8 cm³/mol. The van der Waals surface area contributed by atoms with E-state index in [1.165, 1.54) is 31.5 Å². The van der Waals surface area contributed by atoms with Crippen LogP contribution < -0.4 is 5.32 Å². The zero-order chi connectivity index (χ0) is 11.9. The number of likely N-dealkylation sites (tertiary alicyclic amines) is 1. The van der Waals surface area contributed by atoms with Gasteiger partial charge in [-0.1, -0.05) is 37.3 Å². The molecule has 0 amide bonds. The number of rotatable bonds is 6. The lowest BCUT2D eigenvalue weighted by atomic mass is 10.1. The molecule has 4 heteroatoms. The molecule has 2 nitrogen and oxygen atoms in total. The van der Waals surface area contributed by atoms with Crippen molar-refractivity contribution in [3.63, 3.8) is 0 Å². The number of nitrogens with zero attached hydrogens (tertiary/aromatic N) is 1. The van der Waals surface area contributed by atoms with E-state index in [0.29, 0.717) is 0 Å². The molecule has 1 fully saturated rings. The van der Waals surface area contributed by atoms with Crippen molar-refractivity contribution in [2.45, 2.75) is 32.2 Å². The van der Waals surface area contributed by atoms with Crippen molar-refractivity contribution in [3.8, 4) is 0 Å². The number of hydrogen-bond acceptors (Lipinski definition) is 2. The number of nitrogens with one attached hydrogen (secondary N) is 1. The molecule has 1 heterocycles. The first-order chi connectivity index (χ1) is 8.40. The van der Waals surface area contributed by atoms with Gasteiger partial charge in [0, 0.05) is 12.6 Å². The summed E-state index contributed by atoms with van der Waals surface area (Å²) in [5.74, 6) is 0. The van der Waals surface area contributed by atoms with Gasteiger partial charge >= 0.3 is 0 Å². The van der Waals surface area contributed by atoms with Gasteiger partial charge in [-0.25, -0.2) is 0 Å². The molecule has 0 spiro atoms. The summed E-state index contributed by atoms with van der Waals surface area (Å²) in [7, 11) is 0. The summed E-state index contributed by atoms with van der Waals surface area (Å²) in [4.78, 5) is 2.59. The van der Waals surface area contributed by atoms with Gasteiger partial charge in [0.05, 0.1) is 0 Å². The maximum absolute atomic E-state index is 3.60. The molecule has 0 bridgehead atoms. The number of hydrogen-bond donors (Lipinski definition) is 1. The minimum Gasteiger partial charge on any atom is -0.315 e. The maximum atomic E-state index is 3.60. The molecule has 1 aliphatic heterocycles. The van der Waals surface area contributed by atoms with Crippen LogP contribution in [0.5, 0.6) is 0 Å². The van der Waals surface area contributed by atoms with Crippen molar-refractivity contribution in [1.82, 2.24) is 10.2 Å². The van der Waals surface area contributed by atoms with E-state index >= 15 is 0 Å². The normalized spacial score (nSPS) is 18.7. The molecule has 110 valence electrons. The molecule has 1 unspecified atom stereocenters. The van der Waals surface area contributed by atoms with Crippen LogP contribution in [0.3, 0.4) is 0 Å². The predicted octanol–water partition coefficient (Wildman–Crippen LogP) is 3.15. The third kappa shape index (κ3) is 6.13. The lowest BCUT2D eigenvalue weighted by Crippen LogP contribution is -2.38. The lowest BCUT2D eigenvalue weighted by molar-refractivity contribution is 0.260. The Morgan fingerprint density at radius 1 is 1.21 bits per heavy atom. The van der Waals surface area contributed by atoms with E-state index in [2.05, 4.69) is 47.5 Å². The monoisotopic (exact) mass is 304 g/mol. The molecular weight excluding hydrogens is 279 g/mol. The molecular formula is C15H26Cl2N2. The van der Waals surface area contributed by atoms with Crippen LogP contribution in [0.1, 0.15) is 25.3 Å². The molecule has 1 aromatic rings. The van der Waals surface area contributed by atoms with E-state index in [4.69, 9.17) is 0 Å². The first-order valence-electron chi connectivity index (χ1n) is 6.89. The van der Waals surface area contributed by atoms with Crippen LogP contribution in [-0.2, 0) is 6.42 Å². The van der Waals surface area contributed by atoms with Crippen molar-refractivity contribution in [1.29, 1.82) is 0 Å². The Labute approximate surface area is 129 Å². The van der Waals surface area contributed by atoms with Gasteiger partial charge in [0.25, 0.3) is 0 Å². The molecule has 1 aromatic carbocycles. The Morgan fingerprint density at radius 2 is 1.95 bits per heavy atom. The van der Waals surface area contributed by atoms with Gasteiger partial charge in [0.2, 0.25) is 0 Å². The Bertz CT molecular complexity index is 319. The van der Waals surface area contributed by atoms with Gasteiger partial charge in [-0.2, -0.15) is 0 Å². The van der Waals surface area contributed by atoms with Crippen LogP contribution in [-0.4, -0.2) is 37.1 Å². The van der Waals surface area contributed by atoms with Crippen LogP contribution in [0.25, 0.3) is 0 Å². The highest BCUT2D eigenvalue weighted by atomic mass is 35.5. The van der Waals surface area contributed by atoms with Crippen LogP contribution in [0.15, 0.2) is 30.3 Å². The van der Waals surface area contributed by atoms with Gasteiger partial charge in [-0.3, -0.25) is 4.90 Å². The smallest absolute Gasteiger partial charge is 0.0220 e. The van der Waals surface area contributed by atoms with Crippen LogP contribution in [0, 0.1) is 0 Å². The zero-order valence-corrected chi connectivity index (χ0v) is 13.3. The fraction of sp³-hybridized carbons (Fsp3) is 0.600. The van der Waals surface area contributed by atoms with Crippen molar-refractivity contribution in [2.75, 3.05) is 26.2 Å². The molecule has 2 rings (SSSR count). The summed E-state index contributed by atoms with van der Waals surface area (Å²) < 4.78 is 0. The molecule has 1 aliphatic rings. The van der Waals surface area contributed by atoms with Crippen LogP contribution in [0.4, 0.5) is 0 Å². The summed E-state index contributed by atoms with van der Waals surface area (Å²) in [6.45, 7) is 7.01. The minimum atomic E-state index is 0. The highest BCUT2D eigenvalue weighted by Crippen LogP contribution is 2.15. The molecule has 0 aliphatic carbocycles. The molecule has 19 heavy (non-hydrogen) atoms. The van der Waals surface area contributed by atoms with Gasteiger partial charge in [0.1, 0.15) is 0 Å². The number of halogens is 2. The standard InChI is InChI=1S/C15H24N2.2ClH/c1-2-17-12-6-9-15(17)13-16-11-10-14-7-4-3-5-8-14;;/h3-5,7-8,15-16H,2,6,9-13H2,1H3;2*1H. The molecule has 0 aromatic heterocycles. The average Bonchev–Trinajstić information content (AvgIpc) is 2.83. The summed E-state index contributed by atoms with van der Waals surface area (Å²) in [6, 6.07) is 11.5. The van der Waals surface area contributed by atoms with E-state index in [1.807, 2.05) is 0 Å². The van der Waals surface area contributed by atoms with E-state index < -0.39 is 0 Å². The molecule has 0 radical (unpaired) electrons. The lowest BCUT2D eigenvalue weighted by Gasteiger charge is -2.22. The summed E-state index contributed by atoms with van der Waals surface area (Å²) >= 11 is 0. The molecule has 1 N–H and O–H groups in total. The topological polar surface area (TPSA) is 15.3 Å². The van der Waals surface area contributed by atoms with Crippen molar-refractivity contribution in [2.24, 2.45) is 0 Å². The minimum absolute atomic E-state index is 0. The Kier molecular flexibility index (Phi) is 10.3. The average molecular weight is 305 g/mol. The van der Waals surface area contributed by atoms with Crippen molar-refractivity contribution in [3.05, 3.63) is 35.9 Å². The van der Waals surface area contributed by atoms with Gasteiger partial charge in [-0.05, 0) is 44.5 Å². The number of likely N-dealkylation sites (N-methyl/N-ethyl adjacent to an activating group) is 1. The van der Waals surface area contributed by atoms with Crippen molar-refractivity contribution < 1.29 is 0 Å². The van der Waals surface area contributed by atoms with Crippen LogP contribution in [0.2, 0.25) is 0 Å². The van der Waals surface area contributed by atoms with Gasteiger partial charge < -0.3 is 5.32 Å². The van der Waals surface area contributed by atoms with E-state index in [1.54, 1.807) is 0 Å². The first kappa shape index (κ1) is 18.7. The second kappa shape index (κ2) is 10.5. The third-order valence-electron chi connectivity index (χ3n) is 3.72. The quantitative estimate of drug-likeness (QED) is 0.812. The maximum Gasteiger partial charge on any atom is 0.0220 e. The molecule has 1 atom stereocenters. The number of benzene rings is 1. The van der Waals surface area contributed by atoms with E-state index in [9.17, 15) is 0 Å². The third-order valence-corrected chi connectivity index (χ3v) is 3.72. The second-order valence-corrected chi connectivity index (χ2v) is 4.86. The fourth-order valence-electron chi connectivity index (χ4n) is 2.69. The zero-order valence-electron chi connectivity index (χ0n) is 11.7. The van der Waals surface area contributed by atoms with E-state index in [0.717, 1.165) is 25.6 Å². The summed E-state index contributed by atoms with van der Waals surface area (Å²) in [6.07, 6.45) is 3.88. The van der Waals surface area contributed by atoms with E-state index in [-0.39, 0.29) is 24.8 Å². The fourth-order valence-corrected chi connectivity index (χ4v) is 2.69. The highest BCUT2D eigenvalue weighted by molar-refractivity contribution is 5.85. The van der Waals surface area contributed by atoms with Crippen LogP contribution >= 0.6 is 24.8 Å². The largest absolute Gasteiger partial charge is 0.315 e. The molecule has 1 saturated heterocycles. The molecule has 0 saturated carbocycles. The Balaban J connectivity index is 0.00000162.